The molecule has 32 heavy (non-hydrogen) atoms. The van der Waals surface area contributed by atoms with Crippen LogP contribution in [-0.4, -0.2) is 37.3 Å². The molecule has 0 saturated carbocycles. The van der Waals surface area contributed by atoms with Crippen molar-refractivity contribution in [3.8, 4) is 0 Å². The largest absolute Gasteiger partial charge is 0.452 e. The molecule has 0 atom stereocenters. The summed E-state index contributed by atoms with van der Waals surface area (Å²) < 4.78 is 5.03. The Morgan fingerprint density at radius 2 is 1.31 bits per heavy atom. The molecular weight excluding hydrogens is 410 g/mol. The smallest absolute Gasteiger partial charge is 0.339 e. The number of hydrogen-bond acceptors (Lipinski definition) is 5. The minimum atomic E-state index is -0.833. The van der Waals surface area contributed by atoms with Crippen LogP contribution in [0.4, 0.5) is 5.69 Å². The molecule has 3 aromatic rings. The lowest BCUT2D eigenvalue weighted by Crippen LogP contribution is -2.43. The number of carbonyl (C=O) groups excluding carboxylic acids is 4. The molecule has 0 aromatic heterocycles. The zero-order valence-corrected chi connectivity index (χ0v) is 17.3. The minimum absolute atomic E-state index is 0.0291. The van der Waals surface area contributed by atoms with E-state index >= 15 is 0 Å². The minimum Gasteiger partial charge on any atom is -0.452 e. The molecule has 0 saturated heterocycles. The van der Waals surface area contributed by atoms with Gasteiger partial charge in [0.25, 0.3) is 17.7 Å². The van der Waals surface area contributed by atoms with Gasteiger partial charge in [-0.1, -0.05) is 48.5 Å². The summed E-state index contributed by atoms with van der Waals surface area (Å²) in [6, 6.07) is 23.5. The fourth-order valence-corrected chi connectivity index (χ4v) is 2.83. The van der Waals surface area contributed by atoms with Gasteiger partial charge >= 0.3 is 5.97 Å². The van der Waals surface area contributed by atoms with E-state index in [1.54, 1.807) is 73.8 Å². The summed E-state index contributed by atoms with van der Waals surface area (Å²) in [5, 5.41) is 0. The van der Waals surface area contributed by atoms with E-state index in [0.29, 0.717) is 11.3 Å². The molecule has 0 unspecified atom stereocenters. The number of rotatable bonds is 6. The molecule has 3 rings (SSSR count). The van der Waals surface area contributed by atoms with Crippen LogP contribution in [0.1, 0.15) is 31.1 Å². The van der Waals surface area contributed by atoms with Crippen LogP contribution >= 0.6 is 0 Å². The number of esters is 1. The Morgan fingerprint density at radius 1 is 0.750 bits per heavy atom. The molecule has 2 N–H and O–H groups in total. The summed E-state index contributed by atoms with van der Waals surface area (Å²) in [6.07, 6.45) is 0. The summed E-state index contributed by atoms with van der Waals surface area (Å²) in [5.41, 5.74) is 5.60. The van der Waals surface area contributed by atoms with E-state index in [9.17, 15) is 19.2 Å². The van der Waals surface area contributed by atoms with Crippen LogP contribution in [0.2, 0.25) is 0 Å². The van der Waals surface area contributed by atoms with E-state index in [4.69, 9.17) is 4.74 Å². The van der Waals surface area contributed by atoms with Gasteiger partial charge in [0.1, 0.15) is 0 Å². The molecule has 3 aromatic carbocycles. The number of hydrogen-bond donors (Lipinski definition) is 2. The maximum Gasteiger partial charge on any atom is 0.339 e. The normalized spacial score (nSPS) is 10.0. The summed E-state index contributed by atoms with van der Waals surface area (Å²) in [6.45, 7) is -0.634. The molecule has 0 aliphatic carbocycles. The van der Waals surface area contributed by atoms with E-state index in [1.807, 2.05) is 6.07 Å². The summed E-state index contributed by atoms with van der Waals surface area (Å²) in [7, 11) is 1.60. The fraction of sp³-hybridized carbons (Fsp3) is 0.0833. The van der Waals surface area contributed by atoms with E-state index in [0.717, 1.165) is 0 Å². The van der Waals surface area contributed by atoms with Crippen LogP contribution in [0.5, 0.6) is 0 Å². The lowest BCUT2D eigenvalue weighted by atomic mass is 10.1. The van der Waals surface area contributed by atoms with Crippen LogP contribution < -0.4 is 15.8 Å². The Bertz CT molecular complexity index is 1120. The second-order valence-electron chi connectivity index (χ2n) is 6.69. The van der Waals surface area contributed by atoms with E-state index < -0.39 is 30.3 Å². The molecular formula is C24H21N3O5. The summed E-state index contributed by atoms with van der Waals surface area (Å²) >= 11 is 0. The highest BCUT2D eigenvalue weighted by Gasteiger charge is 2.22. The maximum absolute atomic E-state index is 12.9. The van der Waals surface area contributed by atoms with Gasteiger partial charge in [0.05, 0.1) is 11.1 Å². The van der Waals surface area contributed by atoms with Crippen molar-refractivity contribution in [2.45, 2.75) is 0 Å². The number of nitrogens with one attached hydrogen (secondary N) is 2. The third kappa shape index (κ3) is 5.57. The van der Waals surface area contributed by atoms with Crippen LogP contribution in [0, 0.1) is 0 Å². The summed E-state index contributed by atoms with van der Waals surface area (Å²) in [4.78, 5) is 50.7. The van der Waals surface area contributed by atoms with Crippen LogP contribution in [0.25, 0.3) is 0 Å². The van der Waals surface area contributed by atoms with Crippen LogP contribution in [-0.2, 0) is 9.53 Å². The highest BCUT2D eigenvalue weighted by atomic mass is 16.5. The van der Waals surface area contributed by atoms with Crippen molar-refractivity contribution >= 4 is 29.4 Å². The van der Waals surface area contributed by atoms with Crippen molar-refractivity contribution in [1.29, 1.82) is 0 Å². The van der Waals surface area contributed by atoms with Crippen molar-refractivity contribution in [3.63, 3.8) is 0 Å². The fourth-order valence-electron chi connectivity index (χ4n) is 2.83. The van der Waals surface area contributed by atoms with Gasteiger partial charge in [-0.3, -0.25) is 25.2 Å². The van der Waals surface area contributed by atoms with E-state index in [2.05, 4.69) is 10.9 Å². The molecule has 0 heterocycles. The van der Waals surface area contributed by atoms with Crippen molar-refractivity contribution in [3.05, 3.63) is 102 Å². The molecule has 3 amide bonds. The van der Waals surface area contributed by atoms with Gasteiger partial charge in [-0.25, -0.2) is 4.79 Å². The highest BCUT2D eigenvalue weighted by molar-refractivity contribution is 6.12. The topological polar surface area (TPSA) is 105 Å². The van der Waals surface area contributed by atoms with Gasteiger partial charge in [-0.05, 0) is 36.4 Å². The number of nitrogens with zero attached hydrogens (tertiary/aromatic N) is 1. The first-order valence-electron chi connectivity index (χ1n) is 9.71. The molecule has 0 radical (unpaired) electrons. The second kappa shape index (κ2) is 10.5. The maximum atomic E-state index is 12.9. The standard InChI is InChI=1S/C24H21N3O5/c1-27(18-12-6-3-7-13-18)23(30)19-14-8-9-15-20(19)24(31)32-16-21(28)25-26-22(29)17-10-4-2-5-11-17/h2-15H,16H2,1H3,(H,25,28)(H,26,29). The number of ether oxygens (including phenoxy) is 1. The van der Waals surface area contributed by atoms with E-state index in [1.165, 1.54) is 17.0 Å². The Hall–Kier alpha value is -4.46. The zero-order chi connectivity index (χ0) is 22.9. The van der Waals surface area contributed by atoms with Gasteiger partial charge in [-0.2, -0.15) is 0 Å². The second-order valence-corrected chi connectivity index (χ2v) is 6.69. The zero-order valence-electron chi connectivity index (χ0n) is 17.3. The SMILES string of the molecule is CN(C(=O)c1ccccc1C(=O)OCC(=O)NNC(=O)c1ccccc1)c1ccccc1. The van der Waals surface area contributed by atoms with E-state index in [-0.39, 0.29) is 11.1 Å². The van der Waals surface area contributed by atoms with Crippen molar-refractivity contribution < 1.29 is 23.9 Å². The molecule has 8 heteroatoms. The van der Waals surface area contributed by atoms with Crippen molar-refractivity contribution in [2.75, 3.05) is 18.6 Å². The molecule has 8 nitrogen and oxygen atoms in total. The Balaban J connectivity index is 1.59. The number of anilines is 1. The monoisotopic (exact) mass is 431 g/mol. The first kappa shape index (κ1) is 22.2. The van der Waals surface area contributed by atoms with Crippen molar-refractivity contribution in [1.82, 2.24) is 10.9 Å². The van der Waals surface area contributed by atoms with Gasteiger partial charge in [-0.15, -0.1) is 0 Å². The van der Waals surface area contributed by atoms with Crippen LogP contribution in [0.15, 0.2) is 84.9 Å². The highest BCUT2D eigenvalue weighted by Crippen LogP contribution is 2.18. The van der Waals surface area contributed by atoms with Crippen LogP contribution in [0.3, 0.4) is 0 Å². The number of amides is 3. The summed E-state index contributed by atoms with van der Waals surface area (Å²) in [5.74, 6) is -2.47. The predicted molar refractivity (Wildman–Crippen MR) is 118 cm³/mol. The average molecular weight is 431 g/mol. The molecule has 0 bridgehead atoms. The lowest BCUT2D eigenvalue weighted by molar-refractivity contribution is -0.125. The number of hydrazine groups is 1. The third-order valence-electron chi connectivity index (χ3n) is 4.51. The average Bonchev–Trinajstić information content (AvgIpc) is 2.85. The molecule has 0 fully saturated rings. The molecule has 0 aliphatic rings. The number of benzene rings is 3. The first-order chi connectivity index (χ1) is 15.5. The quantitative estimate of drug-likeness (QED) is 0.461. The molecule has 162 valence electrons. The molecule has 0 spiro atoms. The Labute approximate surface area is 184 Å². The Morgan fingerprint density at radius 3 is 1.97 bits per heavy atom. The number of carbonyl (C=O) groups is 4. The van der Waals surface area contributed by atoms with Gasteiger partial charge < -0.3 is 9.64 Å². The first-order valence-corrected chi connectivity index (χ1v) is 9.71. The molecule has 0 aliphatic heterocycles. The van der Waals surface area contributed by atoms with Gasteiger partial charge in [0, 0.05) is 18.3 Å². The number of para-hydroxylation sites is 1. The lowest BCUT2D eigenvalue weighted by Gasteiger charge is -2.18. The predicted octanol–water partition coefficient (Wildman–Crippen LogP) is 2.58. The van der Waals surface area contributed by atoms with Gasteiger partial charge in [0.2, 0.25) is 0 Å². The van der Waals surface area contributed by atoms with Gasteiger partial charge in [0.15, 0.2) is 6.61 Å². The van der Waals surface area contributed by atoms with Crippen molar-refractivity contribution in [2.24, 2.45) is 0 Å². The Kier molecular flexibility index (Phi) is 7.32. The third-order valence-corrected chi connectivity index (χ3v) is 4.51.